The fourth-order valence-corrected chi connectivity index (χ4v) is 5.29. The Kier molecular flexibility index (Phi) is 5.29. The highest BCUT2D eigenvalue weighted by molar-refractivity contribution is 9.11. The largest absolute Gasteiger partial charge is 0.409 e. The lowest BCUT2D eigenvalue weighted by molar-refractivity contribution is 0.312. The van der Waals surface area contributed by atoms with E-state index in [4.69, 9.17) is 10.9 Å². The molecule has 0 aliphatic heterocycles. The molecule has 2 unspecified atom stereocenters. The topological polar surface area (TPSA) is 105 Å². The Labute approximate surface area is 140 Å². The van der Waals surface area contributed by atoms with Gasteiger partial charge in [0.25, 0.3) is 0 Å². The molecule has 0 spiro atoms. The normalized spacial score (nSPS) is 23.4. The van der Waals surface area contributed by atoms with Gasteiger partial charge in [0.1, 0.15) is 5.84 Å². The van der Waals surface area contributed by atoms with Crippen LogP contribution in [0, 0.1) is 5.92 Å². The third-order valence-electron chi connectivity index (χ3n) is 3.50. The predicted octanol–water partition coefficient (Wildman–Crippen LogP) is 2.41. The summed E-state index contributed by atoms with van der Waals surface area (Å²) in [6.07, 6.45) is 2.18. The molecule has 1 aromatic rings. The Balaban J connectivity index is 2.27. The second-order valence-electron chi connectivity index (χ2n) is 4.86. The molecule has 1 aliphatic rings. The van der Waals surface area contributed by atoms with Crippen LogP contribution in [0.5, 0.6) is 0 Å². The van der Waals surface area contributed by atoms with Crippen molar-refractivity contribution >= 4 is 47.7 Å². The fraction of sp³-hybridized carbons (Fsp3) is 0.417. The summed E-state index contributed by atoms with van der Waals surface area (Å²) in [4.78, 5) is 0.155. The lowest BCUT2D eigenvalue weighted by atomic mass is 10.0. The van der Waals surface area contributed by atoms with Crippen molar-refractivity contribution in [1.29, 1.82) is 0 Å². The van der Waals surface area contributed by atoms with Crippen LogP contribution in [0.2, 0.25) is 0 Å². The van der Waals surface area contributed by atoms with Crippen molar-refractivity contribution in [3.63, 3.8) is 0 Å². The van der Waals surface area contributed by atoms with E-state index in [1.165, 1.54) is 6.07 Å². The number of amidine groups is 1. The van der Waals surface area contributed by atoms with E-state index in [0.717, 1.165) is 6.42 Å². The molecular weight excluding hydrogens is 426 g/mol. The summed E-state index contributed by atoms with van der Waals surface area (Å²) in [5.41, 5.74) is 5.63. The van der Waals surface area contributed by atoms with Crippen LogP contribution < -0.4 is 10.5 Å². The summed E-state index contributed by atoms with van der Waals surface area (Å²) >= 11 is 6.51. The second-order valence-corrected chi connectivity index (χ2v) is 8.32. The minimum atomic E-state index is -3.69. The number of halogens is 2. The Hall–Kier alpha value is -0.640. The Morgan fingerprint density at radius 3 is 2.76 bits per heavy atom. The van der Waals surface area contributed by atoms with Crippen molar-refractivity contribution < 1.29 is 13.6 Å². The summed E-state index contributed by atoms with van der Waals surface area (Å²) in [6.45, 7) is 0. The highest BCUT2D eigenvalue weighted by atomic mass is 79.9. The Morgan fingerprint density at radius 1 is 1.38 bits per heavy atom. The molecule has 2 rings (SSSR count). The van der Waals surface area contributed by atoms with E-state index >= 15 is 0 Å². The van der Waals surface area contributed by atoms with Gasteiger partial charge in [0.05, 0.1) is 4.90 Å². The van der Waals surface area contributed by atoms with Gasteiger partial charge in [0, 0.05) is 20.9 Å². The van der Waals surface area contributed by atoms with Gasteiger partial charge in [-0.05, 0) is 47.0 Å². The number of nitrogens with zero attached hydrogens (tertiary/aromatic N) is 1. The van der Waals surface area contributed by atoms with Crippen molar-refractivity contribution in [2.45, 2.75) is 30.2 Å². The number of rotatable bonds is 4. The molecule has 1 fully saturated rings. The minimum absolute atomic E-state index is 0.0634. The molecule has 116 valence electrons. The van der Waals surface area contributed by atoms with Crippen LogP contribution in [0.15, 0.2) is 37.2 Å². The van der Waals surface area contributed by atoms with Crippen molar-refractivity contribution in [3.05, 3.63) is 27.1 Å². The van der Waals surface area contributed by atoms with Crippen molar-refractivity contribution in [2.24, 2.45) is 16.8 Å². The quantitative estimate of drug-likeness (QED) is 0.289. The molecular formula is C12H15Br2N3O3S. The average Bonchev–Trinajstić information content (AvgIpc) is 2.87. The smallest absolute Gasteiger partial charge is 0.242 e. The average molecular weight is 441 g/mol. The maximum atomic E-state index is 12.5. The predicted molar refractivity (Wildman–Crippen MR) is 86.7 cm³/mol. The van der Waals surface area contributed by atoms with E-state index in [9.17, 15) is 8.42 Å². The maximum absolute atomic E-state index is 12.5. The molecule has 0 saturated heterocycles. The summed E-state index contributed by atoms with van der Waals surface area (Å²) < 4.78 is 28.8. The third kappa shape index (κ3) is 3.77. The minimum Gasteiger partial charge on any atom is -0.409 e. The first-order chi connectivity index (χ1) is 9.85. The monoisotopic (exact) mass is 439 g/mol. The molecule has 9 heteroatoms. The van der Waals surface area contributed by atoms with Crippen LogP contribution in [0.4, 0.5) is 0 Å². The van der Waals surface area contributed by atoms with Crippen LogP contribution in [0.25, 0.3) is 0 Å². The number of nitrogens with two attached hydrogens (primary N) is 1. The fourth-order valence-electron chi connectivity index (χ4n) is 2.48. The zero-order chi connectivity index (χ0) is 15.6. The molecule has 4 N–H and O–H groups in total. The Bertz CT molecular complexity index is 664. The molecule has 1 aromatic carbocycles. The molecule has 6 nitrogen and oxygen atoms in total. The van der Waals surface area contributed by atoms with Gasteiger partial charge < -0.3 is 10.9 Å². The van der Waals surface area contributed by atoms with Crippen molar-refractivity contribution in [1.82, 2.24) is 4.72 Å². The van der Waals surface area contributed by atoms with E-state index in [1.54, 1.807) is 12.1 Å². The van der Waals surface area contributed by atoms with Gasteiger partial charge in [-0.2, -0.15) is 0 Å². The molecule has 0 bridgehead atoms. The van der Waals surface area contributed by atoms with E-state index < -0.39 is 10.0 Å². The molecule has 0 amide bonds. The first kappa shape index (κ1) is 16.7. The van der Waals surface area contributed by atoms with Crippen LogP contribution >= 0.6 is 31.9 Å². The Morgan fingerprint density at radius 2 is 2.10 bits per heavy atom. The molecule has 0 heterocycles. The maximum Gasteiger partial charge on any atom is 0.242 e. The summed E-state index contributed by atoms with van der Waals surface area (Å²) in [5.74, 6) is -0.218. The van der Waals surface area contributed by atoms with Crippen molar-refractivity contribution in [2.75, 3.05) is 0 Å². The number of hydrogen-bond acceptors (Lipinski definition) is 4. The molecule has 0 radical (unpaired) electrons. The number of benzene rings is 1. The molecule has 2 atom stereocenters. The zero-order valence-electron chi connectivity index (χ0n) is 11.0. The standard InChI is InChI=1S/C12H15Br2N3O3S/c13-7-4-5-9(14)11(6-7)21(19,20)17-10-3-1-2-8(10)12(15)16-18/h4-6,8,10,17-18H,1-3H2,(H2,15,16). The van der Waals surface area contributed by atoms with Crippen molar-refractivity contribution in [3.8, 4) is 0 Å². The first-order valence-corrected chi connectivity index (χ1v) is 9.37. The third-order valence-corrected chi connectivity index (χ3v) is 6.48. The van der Waals surface area contributed by atoms with E-state index in [1.807, 2.05) is 0 Å². The van der Waals surface area contributed by atoms with Gasteiger partial charge in [-0.3, -0.25) is 0 Å². The lowest BCUT2D eigenvalue weighted by Crippen LogP contribution is -2.42. The van der Waals surface area contributed by atoms with Gasteiger partial charge in [0.2, 0.25) is 10.0 Å². The SMILES string of the molecule is NC(=NO)C1CCCC1NS(=O)(=O)c1cc(Br)ccc1Br. The second kappa shape index (κ2) is 6.64. The summed E-state index contributed by atoms with van der Waals surface area (Å²) in [5, 5.41) is 11.8. The van der Waals surface area contributed by atoms with Crippen LogP contribution in [0.3, 0.4) is 0 Å². The van der Waals surface area contributed by atoms with Crippen LogP contribution in [-0.2, 0) is 10.0 Å². The zero-order valence-corrected chi connectivity index (χ0v) is 14.9. The van der Waals surface area contributed by atoms with E-state index in [-0.39, 0.29) is 22.7 Å². The highest BCUT2D eigenvalue weighted by Crippen LogP contribution is 2.30. The van der Waals surface area contributed by atoms with E-state index in [0.29, 0.717) is 21.8 Å². The van der Waals surface area contributed by atoms with Gasteiger partial charge >= 0.3 is 0 Å². The highest BCUT2D eigenvalue weighted by Gasteiger charge is 2.34. The lowest BCUT2D eigenvalue weighted by Gasteiger charge is -2.20. The number of hydrogen-bond donors (Lipinski definition) is 3. The molecule has 21 heavy (non-hydrogen) atoms. The van der Waals surface area contributed by atoms with Gasteiger partial charge in [-0.1, -0.05) is 27.5 Å². The number of nitrogens with one attached hydrogen (secondary N) is 1. The van der Waals surface area contributed by atoms with Crippen LogP contribution in [0.1, 0.15) is 19.3 Å². The van der Waals surface area contributed by atoms with Crippen LogP contribution in [-0.4, -0.2) is 25.5 Å². The summed E-state index contributed by atoms with van der Waals surface area (Å²) in [7, 11) is -3.69. The first-order valence-electron chi connectivity index (χ1n) is 6.30. The number of oxime groups is 1. The molecule has 1 aliphatic carbocycles. The van der Waals surface area contributed by atoms with E-state index in [2.05, 4.69) is 41.7 Å². The van der Waals surface area contributed by atoms with Gasteiger partial charge in [0.15, 0.2) is 0 Å². The number of sulfonamides is 1. The summed E-state index contributed by atoms with van der Waals surface area (Å²) in [6, 6.07) is 4.57. The molecule has 1 saturated carbocycles. The molecule has 0 aromatic heterocycles. The van der Waals surface area contributed by atoms with Gasteiger partial charge in [-0.15, -0.1) is 0 Å². The van der Waals surface area contributed by atoms with Gasteiger partial charge in [-0.25, -0.2) is 13.1 Å².